The van der Waals surface area contributed by atoms with Gasteiger partial charge in [0.25, 0.3) is 0 Å². The summed E-state index contributed by atoms with van der Waals surface area (Å²) in [4.78, 5) is 11.9. The number of hydrogen-bond acceptors (Lipinski definition) is 5. The molecule has 0 radical (unpaired) electrons. The highest BCUT2D eigenvalue weighted by Gasteiger charge is 2.47. The van der Waals surface area contributed by atoms with Gasteiger partial charge in [-0.05, 0) is 16.7 Å². The smallest absolute Gasteiger partial charge is 0.218 e. The predicted molar refractivity (Wildman–Crippen MR) is 138 cm³/mol. The lowest BCUT2D eigenvalue weighted by Gasteiger charge is -2.44. The van der Waals surface area contributed by atoms with E-state index in [9.17, 15) is 4.79 Å². The van der Waals surface area contributed by atoms with Crippen molar-refractivity contribution in [1.29, 1.82) is 0 Å². The number of rotatable bonds is 11. The number of hydrogen-bond donors (Lipinski definition) is 1. The topological polar surface area (TPSA) is 66.0 Å². The summed E-state index contributed by atoms with van der Waals surface area (Å²) in [6.07, 6.45) is -2.32. The molecule has 4 rings (SSSR count). The number of amides is 1. The molecule has 5 atom stereocenters. The standard InChI is InChI=1S/C29H32ClNO5/c1-21(32)31-29-26(30)28(35-19-24-15-9-4-10-16-24)27(34-18-23-13-7-3-8-14-23)25(36-29)20-33-17-22-11-5-2-6-12-22/h2-16,25-29H,17-20H2,1H3,(H,31,32)/t25-,26?,27+,28-,29?/m1/s1. The maximum atomic E-state index is 11.9. The van der Waals surface area contributed by atoms with Crippen LogP contribution in [-0.4, -0.2) is 42.4 Å². The van der Waals surface area contributed by atoms with Crippen molar-refractivity contribution in [3.05, 3.63) is 108 Å². The van der Waals surface area contributed by atoms with E-state index in [-0.39, 0.29) is 12.5 Å². The van der Waals surface area contributed by atoms with Crippen LogP contribution in [0.5, 0.6) is 0 Å². The van der Waals surface area contributed by atoms with E-state index in [2.05, 4.69) is 5.32 Å². The van der Waals surface area contributed by atoms with Crippen molar-refractivity contribution in [3.8, 4) is 0 Å². The van der Waals surface area contributed by atoms with Gasteiger partial charge in [-0.15, -0.1) is 11.6 Å². The second kappa shape index (κ2) is 13.5. The first-order valence-corrected chi connectivity index (χ1v) is 12.5. The number of benzene rings is 3. The molecule has 6 nitrogen and oxygen atoms in total. The Bertz CT molecular complexity index is 1050. The SMILES string of the molecule is CC(=O)NC1O[C@H](COCc2ccccc2)[C@H](OCc2ccccc2)[C@H](OCc2ccccc2)C1Cl. The van der Waals surface area contributed by atoms with Crippen molar-refractivity contribution in [2.45, 2.75) is 56.7 Å². The van der Waals surface area contributed by atoms with E-state index in [0.29, 0.717) is 19.8 Å². The molecule has 190 valence electrons. The normalized spacial score (nSPS) is 23.8. The molecule has 3 aromatic rings. The Morgan fingerprint density at radius 3 is 1.75 bits per heavy atom. The number of halogens is 1. The van der Waals surface area contributed by atoms with Gasteiger partial charge in [-0.25, -0.2) is 0 Å². The van der Waals surface area contributed by atoms with Crippen molar-refractivity contribution >= 4 is 17.5 Å². The maximum Gasteiger partial charge on any atom is 0.218 e. The summed E-state index contributed by atoms with van der Waals surface area (Å²) >= 11 is 6.85. The van der Waals surface area contributed by atoms with E-state index in [4.69, 9.17) is 30.5 Å². The molecule has 1 saturated heterocycles. The van der Waals surface area contributed by atoms with Gasteiger partial charge in [0.05, 0.1) is 26.4 Å². The Morgan fingerprint density at radius 1 is 0.778 bits per heavy atom. The molecule has 7 heteroatoms. The highest BCUT2D eigenvalue weighted by molar-refractivity contribution is 6.21. The maximum absolute atomic E-state index is 11.9. The van der Waals surface area contributed by atoms with Crippen LogP contribution in [0.4, 0.5) is 0 Å². The second-order valence-electron chi connectivity index (χ2n) is 8.76. The largest absolute Gasteiger partial charge is 0.374 e. The quantitative estimate of drug-likeness (QED) is 0.375. The zero-order chi connectivity index (χ0) is 25.2. The molecule has 0 spiro atoms. The Balaban J connectivity index is 1.52. The lowest BCUT2D eigenvalue weighted by atomic mass is 9.99. The van der Waals surface area contributed by atoms with E-state index >= 15 is 0 Å². The van der Waals surface area contributed by atoms with Crippen LogP contribution in [0.15, 0.2) is 91.0 Å². The highest BCUT2D eigenvalue weighted by atomic mass is 35.5. The molecule has 1 heterocycles. The molecule has 0 aromatic heterocycles. The van der Waals surface area contributed by atoms with E-state index in [1.807, 2.05) is 91.0 Å². The van der Waals surface area contributed by atoms with Gasteiger partial charge in [0.2, 0.25) is 5.91 Å². The first kappa shape index (κ1) is 26.3. The summed E-state index contributed by atoms with van der Waals surface area (Å²) in [7, 11) is 0. The van der Waals surface area contributed by atoms with E-state index in [0.717, 1.165) is 16.7 Å². The van der Waals surface area contributed by atoms with Crippen molar-refractivity contribution in [1.82, 2.24) is 5.32 Å². The Hall–Kier alpha value is -2.74. The predicted octanol–water partition coefficient (Wildman–Crippen LogP) is 4.84. The molecule has 1 N–H and O–H groups in total. The molecule has 1 aliphatic rings. The summed E-state index contributed by atoms with van der Waals surface area (Å²) in [5.41, 5.74) is 3.10. The van der Waals surface area contributed by atoms with Crippen molar-refractivity contribution in [3.63, 3.8) is 0 Å². The van der Waals surface area contributed by atoms with Crippen molar-refractivity contribution in [2.24, 2.45) is 0 Å². The van der Waals surface area contributed by atoms with Crippen LogP contribution in [0.1, 0.15) is 23.6 Å². The van der Waals surface area contributed by atoms with Gasteiger partial charge in [0.1, 0.15) is 29.9 Å². The molecular weight excluding hydrogens is 478 g/mol. The molecule has 3 aromatic carbocycles. The molecule has 36 heavy (non-hydrogen) atoms. The first-order valence-electron chi connectivity index (χ1n) is 12.1. The van der Waals surface area contributed by atoms with E-state index in [1.165, 1.54) is 6.92 Å². The number of nitrogens with one attached hydrogen (secondary N) is 1. The number of ether oxygens (including phenoxy) is 4. The third-order valence-electron chi connectivity index (χ3n) is 5.92. The fourth-order valence-electron chi connectivity index (χ4n) is 4.14. The summed E-state index contributed by atoms with van der Waals surface area (Å²) in [6.45, 7) is 2.83. The molecular formula is C29H32ClNO5. The zero-order valence-corrected chi connectivity index (χ0v) is 21.1. The van der Waals surface area contributed by atoms with Crippen LogP contribution in [-0.2, 0) is 43.6 Å². The monoisotopic (exact) mass is 509 g/mol. The average molecular weight is 510 g/mol. The summed E-state index contributed by atoms with van der Waals surface area (Å²) in [5, 5.41) is 2.14. The zero-order valence-electron chi connectivity index (χ0n) is 20.3. The van der Waals surface area contributed by atoms with Crippen LogP contribution in [0.2, 0.25) is 0 Å². The van der Waals surface area contributed by atoms with Crippen LogP contribution >= 0.6 is 11.6 Å². The van der Waals surface area contributed by atoms with Gasteiger partial charge in [-0.2, -0.15) is 0 Å². The van der Waals surface area contributed by atoms with Gasteiger partial charge >= 0.3 is 0 Å². The van der Waals surface area contributed by atoms with E-state index < -0.39 is 29.9 Å². The molecule has 0 aliphatic carbocycles. The molecule has 1 amide bonds. The van der Waals surface area contributed by atoms with Crippen LogP contribution in [0, 0.1) is 0 Å². The fraction of sp³-hybridized carbons (Fsp3) is 0.345. The van der Waals surface area contributed by atoms with E-state index in [1.54, 1.807) is 0 Å². The number of carbonyl (C=O) groups excluding carboxylic acids is 1. The van der Waals surface area contributed by atoms with Crippen LogP contribution < -0.4 is 5.32 Å². The number of alkyl halides is 1. The number of carbonyl (C=O) groups is 1. The molecule has 1 fully saturated rings. The lowest BCUT2D eigenvalue weighted by Crippen LogP contribution is -2.62. The second-order valence-corrected chi connectivity index (χ2v) is 9.27. The minimum atomic E-state index is -0.744. The van der Waals surface area contributed by atoms with Crippen molar-refractivity contribution < 1.29 is 23.7 Å². The van der Waals surface area contributed by atoms with Gasteiger partial charge in [0, 0.05) is 6.92 Å². The first-order chi connectivity index (χ1) is 17.6. The van der Waals surface area contributed by atoms with Gasteiger partial charge in [0.15, 0.2) is 0 Å². The minimum Gasteiger partial charge on any atom is -0.374 e. The molecule has 1 aliphatic heterocycles. The summed E-state index contributed by atoms with van der Waals surface area (Å²) in [6, 6.07) is 29.7. The lowest BCUT2D eigenvalue weighted by molar-refractivity contribution is -0.223. The summed E-state index contributed by atoms with van der Waals surface area (Å²) in [5.74, 6) is -0.236. The van der Waals surface area contributed by atoms with Gasteiger partial charge in [-0.3, -0.25) is 4.79 Å². The highest BCUT2D eigenvalue weighted by Crippen LogP contribution is 2.30. The van der Waals surface area contributed by atoms with Crippen LogP contribution in [0.25, 0.3) is 0 Å². The molecule has 0 saturated carbocycles. The Morgan fingerprint density at radius 2 is 1.25 bits per heavy atom. The third-order valence-corrected chi connectivity index (χ3v) is 6.40. The molecule has 0 bridgehead atoms. The van der Waals surface area contributed by atoms with Crippen molar-refractivity contribution in [2.75, 3.05) is 6.61 Å². The Kier molecular flexibility index (Phi) is 9.90. The van der Waals surface area contributed by atoms with Crippen LogP contribution in [0.3, 0.4) is 0 Å². The Labute approximate surface area is 217 Å². The average Bonchev–Trinajstić information content (AvgIpc) is 2.90. The fourth-order valence-corrected chi connectivity index (χ4v) is 4.48. The van der Waals surface area contributed by atoms with Gasteiger partial charge < -0.3 is 24.3 Å². The molecule has 2 unspecified atom stereocenters. The summed E-state index contributed by atoms with van der Waals surface area (Å²) < 4.78 is 25.0. The minimum absolute atomic E-state index is 0.236. The van der Waals surface area contributed by atoms with Gasteiger partial charge in [-0.1, -0.05) is 91.0 Å². The third kappa shape index (κ3) is 7.63.